The van der Waals surface area contributed by atoms with Gasteiger partial charge in [-0.05, 0) is 6.92 Å². The van der Waals surface area contributed by atoms with Gasteiger partial charge < -0.3 is 15.3 Å². The van der Waals surface area contributed by atoms with Crippen LogP contribution >= 0.6 is 0 Å². The SMILES string of the molecule is Cc1c(F)c(F)cc(NC(=O)N2CCc3nn4c(c3C2)C(=O)N(C)O[C@H](CO)C4)c1F. The first-order chi connectivity index (χ1) is 14.7. The second-order valence-electron chi connectivity index (χ2n) is 7.43. The van der Waals surface area contributed by atoms with Gasteiger partial charge in [-0.25, -0.2) is 23.0 Å². The summed E-state index contributed by atoms with van der Waals surface area (Å²) in [4.78, 5) is 32.2. The van der Waals surface area contributed by atoms with Gasteiger partial charge in [-0.15, -0.1) is 0 Å². The van der Waals surface area contributed by atoms with Gasteiger partial charge in [-0.2, -0.15) is 5.10 Å². The first kappa shape index (κ1) is 21.1. The molecule has 3 heterocycles. The minimum atomic E-state index is -1.31. The number of aliphatic hydroxyl groups excluding tert-OH is 1. The molecule has 12 heteroatoms. The number of urea groups is 1. The number of nitrogens with zero attached hydrogens (tertiary/aromatic N) is 4. The van der Waals surface area contributed by atoms with Crippen molar-refractivity contribution in [2.75, 3.05) is 25.5 Å². The van der Waals surface area contributed by atoms with E-state index in [2.05, 4.69) is 10.4 Å². The Morgan fingerprint density at radius 1 is 1.35 bits per heavy atom. The molecule has 0 radical (unpaired) electrons. The van der Waals surface area contributed by atoms with Crippen LogP contribution in [0.5, 0.6) is 0 Å². The van der Waals surface area contributed by atoms with Crippen LogP contribution in [-0.2, 0) is 24.3 Å². The number of halogens is 3. The van der Waals surface area contributed by atoms with Crippen molar-refractivity contribution in [3.05, 3.63) is 46.0 Å². The van der Waals surface area contributed by atoms with Crippen molar-refractivity contribution >= 4 is 17.6 Å². The molecule has 9 nitrogen and oxygen atoms in total. The van der Waals surface area contributed by atoms with E-state index in [4.69, 9.17) is 4.84 Å². The second kappa shape index (κ2) is 7.85. The fraction of sp³-hybridized carbons (Fsp3) is 0.421. The predicted molar refractivity (Wildman–Crippen MR) is 100 cm³/mol. The first-order valence-electron chi connectivity index (χ1n) is 9.55. The topological polar surface area (TPSA) is 99.9 Å². The fourth-order valence-electron chi connectivity index (χ4n) is 3.73. The summed E-state index contributed by atoms with van der Waals surface area (Å²) in [5.41, 5.74) is 0.374. The predicted octanol–water partition coefficient (Wildman–Crippen LogP) is 1.58. The molecule has 1 aromatic heterocycles. The number of aliphatic hydroxyl groups is 1. The van der Waals surface area contributed by atoms with Crippen molar-refractivity contribution in [1.82, 2.24) is 19.7 Å². The Morgan fingerprint density at radius 2 is 2.10 bits per heavy atom. The van der Waals surface area contributed by atoms with Crippen LogP contribution in [-0.4, -0.2) is 63.1 Å². The molecule has 2 aliphatic heterocycles. The van der Waals surface area contributed by atoms with Crippen LogP contribution in [0.3, 0.4) is 0 Å². The highest BCUT2D eigenvalue weighted by atomic mass is 19.2. The number of aromatic nitrogens is 2. The Labute approximate surface area is 174 Å². The number of amides is 3. The maximum absolute atomic E-state index is 14.3. The molecule has 0 aliphatic carbocycles. The molecule has 0 bridgehead atoms. The van der Waals surface area contributed by atoms with E-state index < -0.39 is 46.7 Å². The van der Waals surface area contributed by atoms with Gasteiger partial charge in [-0.1, -0.05) is 0 Å². The summed E-state index contributed by atoms with van der Waals surface area (Å²) in [6.45, 7) is 1.14. The minimum absolute atomic E-state index is 0.00412. The average Bonchev–Trinajstić information content (AvgIpc) is 3.05. The number of hydrogen-bond donors (Lipinski definition) is 2. The van der Waals surface area contributed by atoms with Gasteiger partial charge in [0.1, 0.15) is 11.8 Å². The molecule has 0 unspecified atom stereocenters. The summed E-state index contributed by atoms with van der Waals surface area (Å²) in [5, 5.41) is 17.1. The molecule has 0 spiro atoms. The van der Waals surface area contributed by atoms with Crippen LogP contribution in [0.25, 0.3) is 0 Å². The maximum Gasteiger partial charge on any atom is 0.322 e. The number of anilines is 1. The second-order valence-corrected chi connectivity index (χ2v) is 7.43. The van der Waals surface area contributed by atoms with Gasteiger partial charge in [0, 0.05) is 37.2 Å². The van der Waals surface area contributed by atoms with Gasteiger partial charge in [0.25, 0.3) is 5.91 Å². The Kier molecular flexibility index (Phi) is 5.35. The van der Waals surface area contributed by atoms with Crippen LogP contribution in [0.1, 0.15) is 27.3 Å². The van der Waals surface area contributed by atoms with Crippen molar-refractivity contribution in [3.63, 3.8) is 0 Å². The average molecular weight is 439 g/mol. The highest BCUT2D eigenvalue weighted by molar-refractivity contribution is 5.94. The summed E-state index contributed by atoms with van der Waals surface area (Å²) < 4.78 is 42.9. The minimum Gasteiger partial charge on any atom is -0.393 e. The van der Waals surface area contributed by atoms with E-state index in [1.54, 1.807) is 0 Å². The molecule has 166 valence electrons. The molecule has 3 amide bonds. The van der Waals surface area contributed by atoms with Gasteiger partial charge in [-0.3, -0.25) is 14.3 Å². The monoisotopic (exact) mass is 439 g/mol. The quantitative estimate of drug-likeness (QED) is 0.693. The Balaban J connectivity index is 1.59. The van der Waals surface area contributed by atoms with Gasteiger partial charge >= 0.3 is 6.03 Å². The lowest BCUT2D eigenvalue weighted by atomic mass is 10.1. The van der Waals surface area contributed by atoms with E-state index in [1.807, 2.05) is 0 Å². The molecule has 0 saturated carbocycles. The van der Waals surface area contributed by atoms with E-state index >= 15 is 0 Å². The molecule has 0 saturated heterocycles. The number of carbonyl (C=O) groups excluding carboxylic acids is 2. The summed E-state index contributed by atoms with van der Waals surface area (Å²) in [7, 11) is 1.42. The number of carbonyl (C=O) groups is 2. The van der Waals surface area contributed by atoms with Crippen LogP contribution in [0.2, 0.25) is 0 Å². The fourth-order valence-corrected chi connectivity index (χ4v) is 3.73. The highest BCUT2D eigenvalue weighted by Crippen LogP contribution is 2.28. The number of rotatable bonds is 2. The van der Waals surface area contributed by atoms with Crippen LogP contribution in [0.4, 0.5) is 23.7 Å². The van der Waals surface area contributed by atoms with E-state index in [0.717, 1.165) is 12.0 Å². The molecule has 31 heavy (non-hydrogen) atoms. The number of hydroxylamine groups is 2. The van der Waals surface area contributed by atoms with Crippen molar-refractivity contribution in [2.45, 2.75) is 32.5 Å². The standard InChI is InChI=1S/C19H20F3N5O4/c1-9-15(21)12(20)5-14(16(9)22)23-19(30)26-4-3-13-11(7-26)17-18(29)25(2)31-10(8-28)6-27(17)24-13/h5,10,28H,3-4,6-8H2,1-2H3,(H,23,30)/t10-/m0/s1. The van der Waals surface area contributed by atoms with E-state index in [-0.39, 0.29) is 31.9 Å². The van der Waals surface area contributed by atoms with Gasteiger partial charge in [0.2, 0.25) is 0 Å². The molecule has 2 aromatic rings. The van der Waals surface area contributed by atoms with Crippen molar-refractivity contribution < 1.29 is 32.7 Å². The number of fused-ring (bicyclic) bond motifs is 3. The molecular weight excluding hydrogens is 419 g/mol. The summed E-state index contributed by atoms with van der Waals surface area (Å²) in [6.07, 6.45) is -0.320. The molecule has 1 aromatic carbocycles. The molecule has 2 aliphatic rings. The zero-order valence-corrected chi connectivity index (χ0v) is 16.8. The van der Waals surface area contributed by atoms with E-state index in [0.29, 0.717) is 23.7 Å². The lowest BCUT2D eigenvalue weighted by Crippen LogP contribution is -2.40. The van der Waals surface area contributed by atoms with Crippen LogP contribution in [0, 0.1) is 24.4 Å². The third-order valence-electron chi connectivity index (χ3n) is 5.38. The summed E-state index contributed by atoms with van der Waals surface area (Å²) >= 11 is 0. The number of hydrogen-bond acceptors (Lipinski definition) is 5. The molecule has 0 fully saturated rings. The highest BCUT2D eigenvalue weighted by Gasteiger charge is 2.35. The van der Waals surface area contributed by atoms with Crippen molar-refractivity contribution in [1.29, 1.82) is 0 Å². The van der Waals surface area contributed by atoms with Gasteiger partial charge in [0.15, 0.2) is 17.5 Å². The Hall–Kier alpha value is -3.12. The summed E-state index contributed by atoms with van der Waals surface area (Å²) in [5.74, 6) is -4.13. The summed E-state index contributed by atoms with van der Waals surface area (Å²) in [6, 6.07) is -0.143. The largest absolute Gasteiger partial charge is 0.393 e. The van der Waals surface area contributed by atoms with Crippen LogP contribution < -0.4 is 5.32 Å². The van der Waals surface area contributed by atoms with E-state index in [9.17, 15) is 27.9 Å². The van der Waals surface area contributed by atoms with Crippen molar-refractivity contribution in [3.8, 4) is 0 Å². The lowest BCUT2D eigenvalue weighted by molar-refractivity contribution is -0.159. The third-order valence-corrected chi connectivity index (χ3v) is 5.38. The third kappa shape index (κ3) is 3.61. The zero-order valence-electron chi connectivity index (χ0n) is 16.8. The molecule has 4 rings (SSSR count). The smallest absolute Gasteiger partial charge is 0.322 e. The first-order valence-corrected chi connectivity index (χ1v) is 9.55. The normalized spacial score (nSPS) is 18.5. The van der Waals surface area contributed by atoms with Gasteiger partial charge in [0.05, 0.1) is 31.1 Å². The van der Waals surface area contributed by atoms with Crippen molar-refractivity contribution in [2.24, 2.45) is 0 Å². The number of benzene rings is 1. The van der Waals surface area contributed by atoms with E-state index in [1.165, 1.54) is 16.6 Å². The molecular formula is C19H20F3N5O4. The zero-order chi connectivity index (χ0) is 22.4. The van der Waals surface area contributed by atoms with Crippen LogP contribution in [0.15, 0.2) is 6.07 Å². The lowest BCUT2D eigenvalue weighted by Gasteiger charge is -2.27. The Morgan fingerprint density at radius 3 is 2.81 bits per heavy atom. The molecule has 2 N–H and O–H groups in total. The number of nitrogens with one attached hydrogen (secondary N) is 1. The Bertz CT molecular complexity index is 1070. The maximum atomic E-state index is 14.3. The molecule has 1 atom stereocenters.